The lowest BCUT2D eigenvalue weighted by Gasteiger charge is -2.34. The Morgan fingerprint density at radius 3 is 1.21 bits per heavy atom. The number of para-hydroxylation sites is 1. The Balaban J connectivity index is 0.873. The fourth-order valence-electron chi connectivity index (χ4n) is 21.1. The van der Waals surface area contributed by atoms with Crippen LogP contribution in [0.5, 0.6) is 0 Å². The monoisotopic (exact) mass is 1510 g/mol. The predicted octanol–water partition coefficient (Wildman–Crippen LogP) is 27.5. The molecular formula is C109H96BN7. The maximum Gasteiger partial charge on any atom is 0.252 e. The van der Waals surface area contributed by atoms with Gasteiger partial charge >= 0.3 is 0 Å². The third-order valence-electron chi connectivity index (χ3n) is 26.6. The number of unbranched alkanes of at least 4 members (excludes halogenated alkanes) is 12. The zero-order chi connectivity index (χ0) is 77.9. The first-order valence-electron chi connectivity index (χ1n) is 43.9. The number of benzene rings is 15. The van der Waals surface area contributed by atoms with E-state index in [0.717, 1.165) is 70.2 Å². The molecule has 0 saturated carbocycles. The van der Waals surface area contributed by atoms with Gasteiger partial charge in [0.15, 0.2) is 5.82 Å². The molecule has 5 aromatic heterocycles. The Bertz CT molecular complexity index is 7070. The molecule has 0 bridgehead atoms. The van der Waals surface area contributed by atoms with Crippen LogP contribution in [0.4, 0.5) is 0 Å². The molecule has 0 unspecified atom stereocenters. The lowest BCUT2D eigenvalue weighted by molar-refractivity contribution is 0.667. The molecule has 2 aliphatic heterocycles. The Morgan fingerprint density at radius 2 is 0.675 bits per heavy atom. The fourth-order valence-corrected chi connectivity index (χ4v) is 21.1. The van der Waals surface area contributed by atoms with Crippen molar-refractivity contribution in [3.8, 4) is 56.9 Å². The first-order valence-corrected chi connectivity index (χ1v) is 43.9. The van der Waals surface area contributed by atoms with Gasteiger partial charge in [0.1, 0.15) is 0 Å². The van der Waals surface area contributed by atoms with Crippen molar-refractivity contribution in [1.29, 1.82) is 0 Å². The summed E-state index contributed by atoms with van der Waals surface area (Å²) in [5, 5.41) is 20.0. The second-order valence-electron chi connectivity index (χ2n) is 33.9. The van der Waals surface area contributed by atoms with Crippen LogP contribution in [0.15, 0.2) is 267 Å². The summed E-state index contributed by atoms with van der Waals surface area (Å²) in [6, 6.07) is 103. The summed E-state index contributed by atoms with van der Waals surface area (Å²) >= 11 is 0. The van der Waals surface area contributed by atoms with E-state index >= 15 is 0 Å². The van der Waals surface area contributed by atoms with E-state index in [1.165, 1.54) is 266 Å². The average molecular weight is 1510 g/mol. The zero-order valence-electron chi connectivity index (χ0n) is 67.8. The van der Waals surface area contributed by atoms with Crippen molar-refractivity contribution in [2.75, 3.05) is 0 Å². The molecule has 117 heavy (non-hydrogen) atoms. The lowest BCUT2D eigenvalue weighted by Crippen LogP contribution is -2.59. The standard InChI is InChI=1S/C109H96BN7/c1-5-9-13-18-34-69-50-55-94-86(60-69)87-61-70(35-19-14-10-6-2)51-56-95(87)116(94)108-111-107(112-109(113-108)117-96-57-52-71(36-20-15-11-7-3)62-88(96)89-63-72(53-58-97(89)117)37-21-16-12-8-4)76-67-99-104-100(68-76)115-98-59-54-84-82-46-29-28-44-80(82)81-45-30-31-47-83(81)101(84)103(98)90-64-75(78-42-27-26-41-77(78)73-38-22-17-23-39-73)66-91(105(90)115)110(104)92-65-74-40-24-25-43-79(74)102-85-48-32-33-49-93(85)114(99)106(92)102/h17,22-33,38-68H,5-16,18-21,34-37H2,1-4H3. The maximum absolute atomic E-state index is 6.11. The van der Waals surface area contributed by atoms with Crippen LogP contribution in [0.2, 0.25) is 0 Å². The Labute approximate surface area is 684 Å². The molecule has 2 aliphatic rings. The van der Waals surface area contributed by atoms with Crippen LogP contribution >= 0.6 is 0 Å². The summed E-state index contributed by atoms with van der Waals surface area (Å²) in [4.78, 5) is 18.2. The third kappa shape index (κ3) is 11.6. The molecule has 0 fully saturated rings. The van der Waals surface area contributed by atoms with Crippen molar-refractivity contribution in [3.05, 3.63) is 289 Å². The van der Waals surface area contributed by atoms with E-state index in [1.54, 1.807) is 0 Å². The second-order valence-corrected chi connectivity index (χ2v) is 33.9. The van der Waals surface area contributed by atoms with Crippen molar-refractivity contribution in [3.63, 3.8) is 0 Å². The van der Waals surface area contributed by atoms with Gasteiger partial charge in [-0.3, -0.25) is 9.13 Å². The van der Waals surface area contributed by atoms with Crippen LogP contribution in [0.25, 0.3) is 187 Å². The number of fused-ring (bicyclic) bond motifs is 25. The van der Waals surface area contributed by atoms with Gasteiger partial charge < -0.3 is 9.13 Å². The van der Waals surface area contributed by atoms with Crippen molar-refractivity contribution < 1.29 is 0 Å². The van der Waals surface area contributed by atoms with Crippen molar-refractivity contribution in [2.45, 2.75) is 156 Å². The fraction of sp³-hybridized carbons (Fsp3) is 0.220. The molecule has 8 heteroatoms. The maximum atomic E-state index is 6.11. The molecule has 0 radical (unpaired) electrons. The van der Waals surface area contributed by atoms with Gasteiger partial charge in [-0.1, -0.05) is 293 Å². The highest BCUT2D eigenvalue weighted by molar-refractivity contribution is 7.00. The van der Waals surface area contributed by atoms with Crippen molar-refractivity contribution >= 4 is 153 Å². The summed E-state index contributed by atoms with van der Waals surface area (Å²) < 4.78 is 10.1. The molecule has 22 rings (SSSR count). The topological polar surface area (TPSA) is 58.4 Å². The first kappa shape index (κ1) is 71.2. The van der Waals surface area contributed by atoms with E-state index in [1.807, 2.05) is 0 Å². The molecule has 20 aromatic rings. The SMILES string of the molecule is CCCCCCc1ccc2c(c1)c1cc(CCCCCC)ccc1n2-c1nc(-c2cc3c4c(c2)-n2c5ccccc5c5c6ccccc6cc(c52)B4c2cc(-c4ccccc4-c4ccccc4)cc4c5c6c7ccccc7c7ccccc7c6ccc5n-3c24)nc(-n2c3ccc(CCCCCC)cc3c3cc(CCCCCC)ccc32)n1. The molecule has 0 saturated heterocycles. The van der Waals surface area contributed by atoms with Gasteiger partial charge in [-0.2, -0.15) is 15.0 Å². The molecule has 0 amide bonds. The Morgan fingerprint density at radius 1 is 0.256 bits per heavy atom. The minimum atomic E-state index is -0.208. The summed E-state index contributed by atoms with van der Waals surface area (Å²) in [6.45, 7) is 9.03. The number of aromatic nitrogens is 7. The number of hydrogen-bond donors (Lipinski definition) is 0. The zero-order valence-corrected chi connectivity index (χ0v) is 67.8. The minimum absolute atomic E-state index is 0.208. The Kier molecular flexibility index (Phi) is 17.9. The molecular weight excluding hydrogens is 1420 g/mol. The van der Waals surface area contributed by atoms with Crippen LogP contribution in [0.3, 0.4) is 0 Å². The van der Waals surface area contributed by atoms with E-state index < -0.39 is 0 Å². The predicted molar refractivity (Wildman–Crippen MR) is 500 cm³/mol. The van der Waals surface area contributed by atoms with E-state index in [2.05, 4.69) is 313 Å². The summed E-state index contributed by atoms with van der Waals surface area (Å²) in [5.74, 6) is 1.81. The van der Waals surface area contributed by atoms with Gasteiger partial charge in [-0.15, -0.1) is 0 Å². The molecule has 0 atom stereocenters. The third-order valence-corrected chi connectivity index (χ3v) is 26.6. The first-order chi connectivity index (χ1) is 57.9. The van der Waals surface area contributed by atoms with E-state index in [-0.39, 0.29) is 6.71 Å². The molecule has 15 aromatic carbocycles. The normalized spacial score (nSPS) is 12.6. The van der Waals surface area contributed by atoms with Crippen molar-refractivity contribution in [1.82, 2.24) is 33.2 Å². The highest BCUT2D eigenvalue weighted by Gasteiger charge is 2.43. The molecule has 0 N–H and O–H groups in total. The summed E-state index contributed by atoms with van der Waals surface area (Å²) in [5.41, 5.74) is 26.5. The number of hydrogen-bond acceptors (Lipinski definition) is 3. The van der Waals surface area contributed by atoms with Crippen LogP contribution in [-0.4, -0.2) is 39.9 Å². The molecule has 7 heterocycles. The molecule has 0 aliphatic carbocycles. The van der Waals surface area contributed by atoms with E-state index in [4.69, 9.17) is 15.0 Å². The van der Waals surface area contributed by atoms with E-state index in [9.17, 15) is 0 Å². The van der Waals surface area contributed by atoms with Gasteiger partial charge in [-0.05, 0) is 229 Å². The average Bonchev–Trinajstić information content (AvgIpc) is 1.52. The van der Waals surface area contributed by atoms with Crippen molar-refractivity contribution in [2.24, 2.45) is 0 Å². The summed E-state index contributed by atoms with van der Waals surface area (Å²) in [7, 11) is 0. The van der Waals surface area contributed by atoms with Gasteiger partial charge in [0.05, 0.1) is 38.6 Å². The molecule has 0 spiro atoms. The highest BCUT2D eigenvalue weighted by Crippen LogP contribution is 2.49. The number of rotatable bonds is 25. The van der Waals surface area contributed by atoms with Gasteiger partial charge in [-0.25, -0.2) is 0 Å². The van der Waals surface area contributed by atoms with Crippen LogP contribution in [0, 0.1) is 0 Å². The highest BCUT2D eigenvalue weighted by atomic mass is 15.3. The summed E-state index contributed by atoms with van der Waals surface area (Å²) in [6.07, 6.45) is 23.6. The second kappa shape index (κ2) is 29.4. The largest absolute Gasteiger partial charge is 0.310 e. The minimum Gasteiger partial charge on any atom is -0.310 e. The van der Waals surface area contributed by atoms with Gasteiger partial charge in [0, 0.05) is 70.9 Å². The Hall–Kier alpha value is -12.4. The van der Waals surface area contributed by atoms with Gasteiger partial charge in [0.2, 0.25) is 11.9 Å². The van der Waals surface area contributed by atoms with Crippen LogP contribution in [0.1, 0.15) is 153 Å². The van der Waals surface area contributed by atoms with Crippen LogP contribution < -0.4 is 16.4 Å². The quantitative estimate of drug-likeness (QED) is 0.0325. The smallest absolute Gasteiger partial charge is 0.252 e. The van der Waals surface area contributed by atoms with Crippen LogP contribution in [-0.2, 0) is 25.7 Å². The lowest BCUT2D eigenvalue weighted by atomic mass is 9.34. The molecule has 570 valence electrons. The number of aryl methyl sites for hydroxylation is 4. The number of nitrogens with zero attached hydrogens (tertiary/aromatic N) is 7. The molecule has 7 nitrogen and oxygen atoms in total. The van der Waals surface area contributed by atoms with Gasteiger partial charge in [0.25, 0.3) is 6.71 Å². The van der Waals surface area contributed by atoms with E-state index in [0.29, 0.717) is 17.7 Å².